The van der Waals surface area contributed by atoms with E-state index in [0.717, 1.165) is 52.1 Å². The van der Waals surface area contributed by atoms with Gasteiger partial charge in [0.05, 0.1) is 39.6 Å². The summed E-state index contributed by atoms with van der Waals surface area (Å²) < 4.78 is 25.1. The second kappa shape index (κ2) is 11.1. The molecule has 0 aromatic carbocycles. The van der Waals surface area contributed by atoms with Crippen molar-refractivity contribution in [2.75, 3.05) is 39.6 Å². The minimum absolute atomic E-state index is 0.173. The number of hydrogen-bond acceptors (Lipinski definition) is 4. The lowest BCUT2D eigenvalue weighted by atomic mass is 9.80. The largest absolute Gasteiger partial charge is 0.381 e. The van der Waals surface area contributed by atoms with E-state index in [1.807, 2.05) is 0 Å². The molecule has 0 N–H and O–H groups in total. The molecule has 0 aromatic heterocycles. The molecule has 0 aromatic rings. The molecule has 4 nitrogen and oxygen atoms in total. The maximum atomic E-state index is 6.40. The predicted octanol–water partition coefficient (Wildman–Crippen LogP) is 5.73. The van der Waals surface area contributed by atoms with Crippen molar-refractivity contribution < 1.29 is 18.9 Å². The van der Waals surface area contributed by atoms with E-state index in [9.17, 15) is 0 Å². The normalized spacial score (nSPS) is 36.0. The summed E-state index contributed by atoms with van der Waals surface area (Å²) in [7, 11) is 0. The van der Waals surface area contributed by atoms with Gasteiger partial charge in [-0.3, -0.25) is 0 Å². The lowest BCUT2D eigenvalue weighted by Gasteiger charge is -2.47. The molecule has 0 amide bonds. The van der Waals surface area contributed by atoms with Gasteiger partial charge in [-0.15, -0.1) is 0 Å². The molecule has 2 rings (SSSR count). The molecule has 1 spiro atoms. The van der Waals surface area contributed by atoms with Crippen molar-refractivity contribution in [3.63, 3.8) is 0 Å². The van der Waals surface area contributed by atoms with E-state index in [1.165, 1.54) is 38.5 Å². The average Bonchev–Trinajstić information content (AvgIpc) is 2.72. The number of rotatable bonds is 8. The van der Waals surface area contributed by atoms with Crippen LogP contribution in [0.25, 0.3) is 0 Å². The highest BCUT2D eigenvalue weighted by Crippen LogP contribution is 2.40. The second-order valence-electron chi connectivity index (χ2n) is 9.01. The van der Waals surface area contributed by atoms with Gasteiger partial charge >= 0.3 is 0 Å². The van der Waals surface area contributed by atoms with E-state index >= 15 is 0 Å². The van der Waals surface area contributed by atoms with Crippen molar-refractivity contribution in [1.82, 2.24) is 0 Å². The Morgan fingerprint density at radius 1 is 0.630 bits per heavy atom. The molecule has 2 aliphatic heterocycles. The zero-order valence-corrected chi connectivity index (χ0v) is 18.4. The van der Waals surface area contributed by atoms with Gasteiger partial charge < -0.3 is 18.9 Å². The summed E-state index contributed by atoms with van der Waals surface area (Å²) in [6, 6.07) is 0. The van der Waals surface area contributed by atoms with Gasteiger partial charge in [0.1, 0.15) is 0 Å². The Bertz CT molecular complexity index is 387. The van der Waals surface area contributed by atoms with Crippen LogP contribution in [-0.2, 0) is 18.9 Å². The van der Waals surface area contributed by atoms with Crippen LogP contribution in [0.5, 0.6) is 0 Å². The second-order valence-corrected chi connectivity index (χ2v) is 9.01. The molecule has 160 valence electrons. The Labute approximate surface area is 167 Å². The van der Waals surface area contributed by atoms with Gasteiger partial charge in [-0.2, -0.15) is 0 Å². The third kappa shape index (κ3) is 6.42. The smallest absolute Gasteiger partial charge is 0.172 e. The van der Waals surface area contributed by atoms with Crippen LogP contribution in [0.1, 0.15) is 91.9 Å². The van der Waals surface area contributed by atoms with Gasteiger partial charge in [0, 0.05) is 23.7 Å². The van der Waals surface area contributed by atoms with Crippen LogP contribution < -0.4 is 0 Å². The maximum Gasteiger partial charge on any atom is 0.172 e. The fraction of sp³-hybridized carbons (Fsp3) is 1.00. The highest BCUT2D eigenvalue weighted by molar-refractivity contribution is 4.86. The maximum absolute atomic E-state index is 6.40. The standard InChI is InChI=1S/C23H44O4/c1-5-9-11-21(7-3)17-24-15-13-23(14-16-25-18-21)26-19-22(8-4,20-27-23)12-10-6-2/h5-20H2,1-4H3. The van der Waals surface area contributed by atoms with Gasteiger partial charge in [0.25, 0.3) is 0 Å². The van der Waals surface area contributed by atoms with Gasteiger partial charge in [0.15, 0.2) is 5.79 Å². The van der Waals surface area contributed by atoms with Gasteiger partial charge in [-0.05, 0) is 25.7 Å². The van der Waals surface area contributed by atoms with E-state index in [4.69, 9.17) is 18.9 Å². The Morgan fingerprint density at radius 2 is 1.07 bits per heavy atom. The quantitative estimate of drug-likeness (QED) is 0.535. The van der Waals surface area contributed by atoms with Gasteiger partial charge in [0.2, 0.25) is 0 Å². The highest BCUT2D eigenvalue weighted by Gasteiger charge is 2.44. The van der Waals surface area contributed by atoms with E-state index in [1.54, 1.807) is 0 Å². The fourth-order valence-electron chi connectivity index (χ4n) is 4.29. The van der Waals surface area contributed by atoms with Crippen LogP contribution in [0.2, 0.25) is 0 Å². The summed E-state index contributed by atoms with van der Waals surface area (Å²) >= 11 is 0. The zero-order chi connectivity index (χ0) is 19.6. The molecule has 0 bridgehead atoms. The van der Waals surface area contributed by atoms with Crippen LogP contribution in [0.15, 0.2) is 0 Å². The van der Waals surface area contributed by atoms with E-state index in [0.29, 0.717) is 13.2 Å². The number of hydrogen-bond donors (Lipinski definition) is 0. The Morgan fingerprint density at radius 3 is 1.48 bits per heavy atom. The predicted molar refractivity (Wildman–Crippen MR) is 110 cm³/mol. The summed E-state index contributed by atoms with van der Waals surface area (Å²) in [6.45, 7) is 13.6. The zero-order valence-electron chi connectivity index (χ0n) is 18.4. The summed E-state index contributed by atoms with van der Waals surface area (Å²) in [4.78, 5) is 0. The monoisotopic (exact) mass is 384 g/mol. The molecule has 0 radical (unpaired) electrons. The molecule has 0 unspecified atom stereocenters. The minimum Gasteiger partial charge on any atom is -0.381 e. The molecule has 2 fully saturated rings. The van der Waals surface area contributed by atoms with Crippen molar-refractivity contribution in [2.45, 2.75) is 97.7 Å². The van der Waals surface area contributed by atoms with Crippen LogP contribution in [0.3, 0.4) is 0 Å². The van der Waals surface area contributed by atoms with E-state index in [-0.39, 0.29) is 10.8 Å². The van der Waals surface area contributed by atoms with E-state index in [2.05, 4.69) is 27.7 Å². The van der Waals surface area contributed by atoms with Crippen molar-refractivity contribution >= 4 is 0 Å². The van der Waals surface area contributed by atoms with Gasteiger partial charge in [-0.1, -0.05) is 53.4 Å². The average molecular weight is 385 g/mol. The third-order valence-corrected chi connectivity index (χ3v) is 6.98. The molecular formula is C23H44O4. The molecule has 0 atom stereocenters. The van der Waals surface area contributed by atoms with Crippen LogP contribution in [0, 0.1) is 10.8 Å². The molecular weight excluding hydrogens is 340 g/mol. The first-order valence-electron chi connectivity index (χ1n) is 11.5. The Balaban J connectivity index is 1.91. The lowest BCUT2D eigenvalue weighted by molar-refractivity contribution is -0.318. The first-order valence-corrected chi connectivity index (χ1v) is 11.5. The third-order valence-electron chi connectivity index (χ3n) is 6.98. The fourth-order valence-corrected chi connectivity index (χ4v) is 4.29. The molecule has 0 saturated carbocycles. The summed E-state index contributed by atoms with van der Waals surface area (Å²) in [6.07, 6.45) is 11.2. The van der Waals surface area contributed by atoms with Crippen molar-refractivity contribution in [3.05, 3.63) is 0 Å². The molecule has 0 aliphatic carbocycles. The van der Waals surface area contributed by atoms with Crippen LogP contribution >= 0.6 is 0 Å². The van der Waals surface area contributed by atoms with Crippen LogP contribution in [0.4, 0.5) is 0 Å². The first-order chi connectivity index (χ1) is 13.1. The van der Waals surface area contributed by atoms with E-state index < -0.39 is 5.79 Å². The van der Waals surface area contributed by atoms with Crippen molar-refractivity contribution in [3.8, 4) is 0 Å². The van der Waals surface area contributed by atoms with Crippen molar-refractivity contribution in [1.29, 1.82) is 0 Å². The molecule has 2 heterocycles. The Kier molecular flexibility index (Phi) is 9.54. The molecule has 4 heteroatoms. The first kappa shape index (κ1) is 23.1. The highest BCUT2D eigenvalue weighted by atomic mass is 16.7. The lowest BCUT2D eigenvalue weighted by Crippen LogP contribution is -2.51. The summed E-state index contributed by atoms with van der Waals surface area (Å²) in [5, 5.41) is 0. The molecule has 2 saturated heterocycles. The van der Waals surface area contributed by atoms with Gasteiger partial charge in [-0.25, -0.2) is 0 Å². The molecule has 27 heavy (non-hydrogen) atoms. The SMILES string of the molecule is CCCCC1(CC)COCCC2(CCOC1)OCC(CC)(CCCC)CO2. The molecule has 2 aliphatic rings. The minimum atomic E-state index is -0.513. The van der Waals surface area contributed by atoms with Crippen LogP contribution in [-0.4, -0.2) is 45.4 Å². The Hall–Kier alpha value is -0.160. The van der Waals surface area contributed by atoms with Crippen molar-refractivity contribution in [2.24, 2.45) is 10.8 Å². The number of ether oxygens (including phenoxy) is 4. The summed E-state index contributed by atoms with van der Waals surface area (Å²) in [5.74, 6) is -0.513. The topological polar surface area (TPSA) is 36.9 Å². The number of unbranched alkanes of at least 4 members (excludes halogenated alkanes) is 2. The summed E-state index contributed by atoms with van der Waals surface area (Å²) in [5.41, 5.74) is 0.363.